The Morgan fingerprint density at radius 3 is 2.28 bits per heavy atom. The summed E-state index contributed by atoms with van der Waals surface area (Å²) in [5.41, 5.74) is 0. The van der Waals surface area contributed by atoms with Crippen LogP contribution < -0.4 is 4.72 Å². The van der Waals surface area contributed by atoms with Crippen LogP contribution in [0.4, 0.5) is 0 Å². The predicted molar refractivity (Wildman–Crippen MR) is 73.0 cm³/mol. The van der Waals surface area contributed by atoms with Gasteiger partial charge in [-0.25, -0.2) is 13.1 Å². The molecule has 0 spiro atoms. The van der Waals surface area contributed by atoms with E-state index in [1.165, 1.54) is 12.1 Å². The molecule has 1 rings (SSSR count). The molecule has 18 heavy (non-hydrogen) atoms. The van der Waals surface area contributed by atoms with E-state index in [-0.39, 0.29) is 26.6 Å². The minimum Gasteiger partial charge on any atom is -0.395 e. The Hall–Kier alpha value is -0.0400. The van der Waals surface area contributed by atoms with Crippen LogP contribution in [0.3, 0.4) is 0 Å². The van der Waals surface area contributed by atoms with E-state index < -0.39 is 16.1 Å². The van der Waals surface area contributed by atoms with Gasteiger partial charge in [0.1, 0.15) is 4.90 Å². The van der Waals surface area contributed by atoms with Crippen LogP contribution in [0.15, 0.2) is 17.0 Å². The predicted octanol–water partition coefficient (Wildman–Crippen LogP) is 2.70. The first-order chi connectivity index (χ1) is 8.31. The highest BCUT2D eigenvalue weighted by Gasteiger charge is 2.22. The van der Waals surface area contributed by atoms with Crippen molar-refractivity contribution in [3.63, 3.8) is 0 Å². The molecule has 0 fully saturated rings. The third kappa shape index (κ3) is 3.73. The van der Waals surface area contributed by atoms with Crippen LogP contribution in [0, 0.1) is 0 Å². The molecule has 4 nitrogen and oxygen atoms in total. The van der Waals surface area contributed by atoms with Crippen molar-refractivity contribution >= 4 is 44.8 Å². The summed E-state index contributed by atoms with van der Waals surface area (Å²) in [5.74, 6) is 0. The van der Waals surface area contributed by atoms with Crippen molar-refractivity contribution in [3.8, 4) is 0 Å². The van der Waals surface area contributed by atoms with Gasteiger partial charge in [0.05, 0.1) is 21.7 Å². The van der Waals surface area contributed by atoms with E-state index in [0.29, 0.717) is 6.42 Å². The van der Waals surface area contributed by atoms with E-state index >= 15 is 0 Å². The molecule has 0 saturated heterocycles. The second-order valence-electron chi connectivity index (χ2n) is 3.61. The van der Waals surface area contributed by atoms with E-state index in [4.69, 9.17) is 39.9 Å². The van der Waals surface area contributed by atoms with Gasteiger partial charge in [0.2, 0.25) is 10.0 Å². The second-order valence-corrected chi connectivity index (χ2v) is 6.51. The van der Waals surface area contributed by atoms with E-state index in [0.717, 1.165) is 0 Å². The molecule has 1 aromatic carbocycles. The fourth-order valence-electron chi connectivity index (χ4n) is 1.24. The Balaban J connectivity index is 3.16. The highest BCUT2D eigenvalue weighted by atomic mass is 35.5. The van der Waals surface area contributed by atoms with Gasteiger partial charge in [0.15, 0.2) is 0 Å². The number of halogens is 3. The zero-order valence-corrected chi connectivity index (χ0v) is 12.5. The van der Waals surface area contributed by atoms with Gasteiger partial charge < -0.3 is 5.11 Å². The van der Waals surface area contributed by atoms with E-state index in [2.05, 4.69) is 4.72 Å². The summed E-state index contributed by atoms with van der Waals surface area (Å²) in [5, 5.41) is 9.25. The minimum atomic E-state index is -3.84. The molecule has 102 valence electrons. The van der Waals surface area contributed by atoms with Crippen LogP contribution in [-0.4, -0.2) is 26.2 Å². The monoisotopic (exact) mass is 331 g/mol. The lowest BCUT2D eigenvalue weighted by atomic mass is 10.3. The fourth-order valence-corrected chi connectivity index (χ4v) is 3.55. The molecule has 0 heterocycles. The molecule has 0 aliphatic carbocycles. The first-order valence-electron chi connectivity index (χ1n) is 5.09. The minimum absolute atomic E-state index is 0.0234. The lowest BCUT2D eigenvalue weighted by Crippen LogP contribution is -2.37. The Labute approximate surface area is 121 Å². The highest BCUT2D eigenvalue weighted by Crippen LogP contribution is 2.31. The van der Waals surface area contributed by atoms with Crippen LogP contribution in [0.2, 0.25) is 15.1 Å². The van der Waals surface area contributed by atoms with Gasteiger partial charge in [-0.15, -0.1) is 0 Å². The van der Waals surface area contributed by atoms with Crippen molar-refractivity contribution in [1.29, 1.82) is 0 Å². The average molecular weight is 333 g/mol. The van der Waals surface area contributed by atoms with Gasteiger partial charge in [0.25, 0.3) is 0 Å². The van der Waals surface area contributed by atoms with Gasteiger partial charge in [-0.05, 0) is 18.6 Å². The molecule has 2 N–H and O–H groups in total. The lowest BCUT2D eigenvalue weighted by Gasteiger charge is -2.15. The number of rotatable bonds is 5. The number of hydrogen-bond acceptors (Lipinski definition) is 3. The molecule has 0 saturated carbocycles. The van der Waals surface area contributed by atoms with Gasteiger partial charge in [-0.3, -0.25) is 0 Å². The quantitative estimate of drug-likeness (QED) is 0.815. The second kappa shape index (κ2) is 6.41. The van der Waals surface area contributed by atoms with E-state index in [9.17, 15) is 8.42 Å². The van der Waals surface area contributed by atoms with Crippen molar-refractivity contribution in [2.24, 2.45) is 0 Å². The van der Waals surface area contributed by atoms with Crippen molar-refractivity contribution in [1.82, 2.24) is 4.72 Å². The van der Waals surface area contributed by atoms with Crippen LogP contribution >= 0.6 is 34.8 Å². The molecule has 0 bridgehead atoms. The smallest absolute Gasteiger partial charge is 0.242 e. The van der Waals surface area contributed by atoms with Crippen molar-refractivity contribution in [3.05, 3.63) is 27.2 Å². The standard InChI is InChI=1S/C10H12Cl3NO3S/c1-2-6(5-15)14-18(16,17)10-4-8(12)7(11)3-9(10)13/h3-4,6,14-15H,2,5H2,1H3. The summed E-state index contributed by atoms with van der Waals surface area (Å²) >= 11 is 17.3. The Bertz CT molecular complexity index is 529. The third-order valence-corrected chi connectivity index (χ3v) is 5.01. The molecule has 1 aromatic rings. The largest absolute Gasteiger partial charge is 0.395 e. The fraction of sp³-hybridized carbons (Fsp3) is 0.400. The van der Waals surface area contributed by atoms with E-state index in [1.807, 2.05) is 0 Å². The first kappa shape index (κ1) is 16.0. The Morgan fingerprint density at radius 2 is 1.78 bits per heavy atom. The summed E-state index contributed by atoms with van der Waals surface area (Å²) in [6.07, 6.45) is 0.453. The third-order valence-electron chi connectivity index (χ3n) is 2.30. The van der Waals surface area contributed by atoms with Crippen molar-refractivity contribution in [2.75, 3.05) is 6.61 Å². The Morgan fingerprint density at radius 1 is 1.22 bits per heavy atom. The summed E-state index contributed by atoms with van der Waals surface area (Å²) in [6, 6.07) is 1.87. The first-order valence-corrected chi connectivity index (χ1v) is 7.71. The van der Waals surface area contributed by atoms with Crippen LogP contribution in [0.5, 0.6) is 0 Å². The molecule has 0 radical (unpaired) electrons. The topological polar surface area (TPSA) is 66.4 Å². The summed E-state index contributed by atoms with van der Waals surface area (Å²) in [6.45, 7) is 1.45. The van der Waals surface area contributed by atoms with Gasteiger partial charge in [0, 0.05) is 6.04 Å². The van der Waals surface area contributed by atoms with Gasteiger partial charge in [-0.1, -0.05) is 41.7 Å². The molecular weight excluding hydrogens is 321 g/mol. The zero-order chi connectivity index (χ0) is 13.9. The lowest BCUT2D eigenvalue weighted by molar-refractivity contribution is 0.254. The van der Waals surface area contributed by atoms with Crippen LogP contribution in [0.1, 0.15) is 13.3 Å². The molecule has 0 aliphatic rings. The molecular formula is C10H12Cl3NO3S. The van der Waals surface area contributed by atoms with Gasteiger partial charge >= 0.3 is 0 Å². The Kier molecular flexibility index (Phi) is 5.70. The number of aliphatic hydroxyl groups excluding tert-OH is 1. The highest BCUT2D eigenvalue weighted by molar-refractivity contribution is 7.89. The number of nitrogens with one attached hydrogen (secondary N) is 1. The van der Waals surface area contributed by atoms with Crippen molar-refractivity contribution < 1.29 is 13.5 Å². The summed E-state index contributed by atoms with van der Waals surface area (Å²) in [4.78, 5) is -0.162. The SMILES string of the molecule is CCC(CO)NS(=O)(=O)c1cc(Cl)c(Cl)cc1Cl. The summed E-state index contributed by atoms with van der Waals surface area (Å²) in [7, 11) is -3.84. The van der Waals surface area contributed by atoms with Crippen molar-refractivity contribution in [2.45, 2.75) is 24.3 Å². The number of sulfonamides is 1. The summed E-state index contributed by atoms with van der Waals surface area (Å²) < 4.78 is 26.4. The van der Waals surface area contributed by atoms with Gasteiger partial charge in [-0.2, -0.15) is 0 Å². The van der Waals surface area contributed by atoms with Crippen LogP contribution in [-0.2, 0) is 10.0 Å². The maximum absolute atomic E-state index is 12.0. The molecule has 0 amide bonds. The molecule has 1 atom stereocenters. The molecule has 1 unspecified atom stereocenters. The number of hydrogen-bond donors (Lipinski definition) is 2. The average Bonchev–Trinajstić information content (AvgIpc) is 2.30. The number of aliphatic hydroxyl groups is 1. The van der Waals surface area contributed by atoms with E-state index in [1.54, 1.807) is 6.92 Å². The maximum Gasteiger partial charge on any atom is 0.242 e. The normalized spacial score (nSPS) is 13.6. The maximum atomic E-state index is 12.0. The molecule has 8 heteroatoms. The number of benzene rings is 1. The van der Waals surface area contributed by atoms with Crippen LogP contribution in [0.25, 0.3) is 0 Å². The molecule has 0 aliphatic heterocycles. The zero-order valence-electron chi connectivity index (χ0n) is 9.45. The molecule has 0 aromatic heterocycles.